The largest absolute Gasteiger partial charge is 0.281 e. The van der Waals surface area contributed by atoms with Gasteiger partial charge in [-0.05, 0) is 19.3 Å². The van der Waals surface area contributed by atoms with Crippen LogP contribution in [0, 0.1) is 0 Å². The predicted molar refractivity (Wildman–Crippen MR) is 74.4 cm³/mol. The zero-order valence-corrected chi connectivity index (χ0v) is 13.3. The highest BCUT2D eigenvalue weighted by Crippen LogP contribution is 2.16. The molecule has 19 heavy (non-hydrogen) atoms. The lowest BCUT2D eigenvalue weighted by molar-refractivity contribution is 0.293. The quantitative estimate of drug-likeness (QED) is 0.722. The fraction of sp³-hybridized carbons (Fsp3) is 1.00. The molecule has 1 heterocycles. The third-order valence-corrected chi connectivity index (χ3v) is 6.64. The smallest absolute Gasteiger partial charge is 0.212 e. The van der Waals surface area contributed by atoms with Gasteiger partial charge in [0.05, 0.1) is 5.75 Å². The molecule has 0 aromatic rings. The molecule has 0 amide bonds. The van der Waals surface area contributed by atoms with Crippen molar-refractivity contribution < 1.29 is 16.8 Å². The van der Waals surface area contributed by atoms with Crippen molar-refractivity contribution in [2.24, 2.45) is 0 Å². The van der Waals surface area contributed by atoms with Crippen LogP contribution in [0.4, 0.5) is 0 Å². The minimum absolute atomic E-state index is 0.114. The molecule has 1 saturated heterocycles. The molecule has 0 radical (unpaired) electrons. The van der Waals surface area contributed by atoms with E-state index >= 15 is 0 Å². The van der Waals surface area contributed by atoms with Crippen molar-refractivity contribution in [1.82, 2.24) is 13.3 Å². The minimum Gasteiger partial charge on any atom is -0.212 e. The zero-order valence-electron chi connectivity index (χ0n) is 11.7. The lowest BCUT2D eigenvalue weighted by Gasteiger charge is -2.32. The Kier molecular flexibility index (Phi) is 5.75. The summed E-state index contributed by atoms with van der Waals surface area (Å²) in [6, 6.07) is -0.162. The summed E-state index contributed by atoms with van der Waals surface area (Å²) in [6.07, 6.45) is 1.59. The lowest BCUT2D eigenvalue weighted by atomic mass is 10.1. The number of nitrogens with one attached hydrogen (secondary N) is 1. The van der Waals surface area contributed by atoms with Gasteiger partial charge in [-0.15, -0.1) is 0 Å². The van der Waals surface area contributed by atoms with E-state index in [2.05, 4.69) is 4.72 Å². The monoisotopic (exact) mass is 313 g/mol. The van der Waals surface area contributed by atoms with Crippen molar-refractivity contribution in [3.05, 3.63) is 0 Å². The van der Waals surface area contributed by atoms with E-state index in [4.69, 9.17) is 0 Å². The third kappa shape index (κ3) is 4.67. The van der Waals surface area contributed by atoms with Crippen molar-refractivity contribution in [2.75, 3.05) is 32.9 Å². The van der Waals surface area contributed by atoms with Gasteiger partial charge in [-0.25, -0.2) is 13.1 Å². The topological polar surface area (TPSA) is 86.8 Å². The summed E-state index contributed by atoms with van der Waals surface area (Å²) in [4.78, 5) is 0. The van der Waals surface area contributed by atoms with Gasteiger partial charge in [0, 0.05) is 33.2 Å². The molecular weight excluding hydrogens is 290 g/mol. The first-order chi connectivity index (χ1) is 8.69. The summed E-state index contributed by atoms with van der Waals surface area (Å²) in [5.74, 6) is 0.114. The molecule has 0 bridgehead atoms. The normalized spacial score (nSPS) is 20.0. The van der Waals surface area contributed by atoms with Gasteiger partial charge >= 0.3 is 0 Å². The van der Waals surface area contributed by atoms with Crippen LogP contribution in [0.15, 0.2) is 0 Å². The molecule has 7 nitrogen and oxygen atoms in total. The first-order valence-electron chi connectivity index (χ1n) is 6.36. The molecule has 0 saturated carbocycles. The summed E-state index contributed by atoms with van der Waals surface area (Å²) in [7, 11) is -3.63. The van der Waals surface area contributed by atoms with Gasteiger partial charge in [0.25, 0.3) is 10.2 Å². The van der Waals surface area contributed by atoms with Gasteiger partial charge in [0.15, 0.2) is 0 Å². The van der Waals surface area contributed by atoms with Gasteiger partial charge < -0.3 is 0 Å². The number of hydrogen-bond acceptors (Lipinski definition) is 4. The molecule has 0 aromatic carbocycles. The molecule has 1 N–H and O–H groups in total. The number of piperidine rings is 1. The average molecular weight is 313 g/mol. The number of sulfonamides is 1. The molecule has 0 atom stereocenters. The van der Waals surface area contributed by atoms with Gasteiger partial charge in [-0.3, -0.25) is 0 Å². The van der Waals surface area contributed by atoms with Gasteiger partial charge in [-0.2, -0.15) is 17.0 Å². The molecule has 0 unspecified atom stereocenters. The summed E-state index contributed by atoms with van der Waals surface area (Å²) in [5.41, 5.74) is 0. The molecule has 9 heteroatoms. The van der Waals surface area contributed by atoms with Crippen LogP contribution in [-0.2, 0) is 20.2 Å². The molecule has 1 fully saturated rings. The molecule has 0 spiro atoms. The molecule has 1 aliphatic heterocycles. The Morgan fingerprint density at radius 2 is 1.68 bits per heavy atom. The highest BCUT2D eigenvalue weighted by molar-refractivity contribution is 7.89. The molecule has 114 valence electrons. The second-order valence-corrected chi connectivity index (χ2v) is 8.92. The van der Waals surface area contributed by atoms with E-state index in [1.54, 1.807) is 0 Å². The van der Waals surface area contributed by atoms with E-state index in [1.807, 2.05) is 6.92 Å². The predicted octanol–water partition coefficient (Wildman–Crippen LogP) is -0.413. The maximum absolute atomic E-state index is 11.9. The first kappa shape index (κ1) is 16.8. The summed E-state index contributed by atoms with van der Waals surface area (Å²) in [6.45, 7) is 2.51. The Morgan fingerprint density at radius 3 is 2.11 bits per heavy atom. The van der Waals surface area contributed by atoms with Crippen LogP contribution in [0.1, 0.15) is 26.2 Å². The first-order valence-corrected chi connectivity index (χ1v) is 9.41. The van der Waals surface area contributed by atoms with Crippen molar-refractivity contribution >= 4 is 20.2 Å². The van der Waals surface area contributed by atoms with Crippen molar-refractivity contribution in [1.29, 1.82) is 0 Å². The molecular formula is C10H23N3O4S2. The van der Waals surface area contributed by atoms with Crippen molar-refractivity contribution in [3.8, 4) is 0 Å². The van der Waals surface area contributed by atoms with E-state index in [1.165, 1.54) is 22.7 Å². The van der Waals surface area contributed by atoms with Crippen LogP contribution >= 0.6 is 0 Å². The van der Waals surface area contributed by atoms with Crippen molar-refractivity contribution in [2.45, 2.75) is 32.2 Å². The van der Waals surface area contributed by atoms with Crippen LogP contribution < -0.4 is 4.72 Å². The fourth-order valence-electron chi connectivity index (χ4n) is 2.02. The van der Waals surface area contributed by atoms with E-state index in [0.29, 0.717) is 32.4 Å². The Bertz CT molecular complexity index is 479. The number of rotatable bonds is 6. The number of nitrogens with zero attached hydrogens (tertiary/aromatic N) is 2. The number of hydrogen-bond donors (Lipinski definition) is 1. The maximum atomic E-state index is 11.9. The van der Waals surface area contributed by atoms with Gasteiger partial charge in [0.2, 0.25) is 10.0 Å². The summed E-state index contributed by atoms with van der Waals surface area (Å²) in [5, 5.41) is 0. The molecule has 0 aliphatic carbocycles. The van der Waals surface area contributed by atoms with Crippen LogP contribution in [0.3, 0.4) is 0 Å². The van der Waals surface area contributed by atoms with E-state index in [0.717, 1.165) is 0 Å². The van der Waals surface area contributed by atoms with E-state index < -0.39 is 20.2 Å². The second-order valence-electron chi connectivity index (χ2n) is 4.90. The Morgan fingerprint density at radius 1 is 1.16 bits per heavy atom. The summed E-state index contributed by atoms with van der Waals surface area (Å²) < 4.78 is 52.3. The zero-order chi connectivity index (χ0) is 14.7. The minimum atomic E-state index is -3.39. The van der Waals surface area contributed by atoms with Crippen LogP contribution in [0.2, 0.25) is 0 Å². The molecule has 1 rings (SSSR count). The Balaban J connectivity index is 2.55. The summed E-state index contributed by atoms with van der Waals surface area (Å²) >= 11 is 0. The Labute approximate surface area is 116 Å². The Hall–Kier alpha value is -0.220. The molecule has 1 aliphatic rings. The second kappa shape index (κ2) is 6.49. The third-order valence-electron chi connectivity index (χ3n) is 3.06. The maximum Gasteiger partial charge on any atom is 0.281 e. The van der Waals surface area contributed by atoms with Crippen LogP contribution in [-0.4, -0.2) is 64.4 Å². The van der Waals surface area contributed by atoms with E-state index in [-0.39, 0.29) is 11.8 Å². The lowest BCUT2D eigenvalue weighted by Crippen LogP contribution is -2.49. The van der Waals surface area contributed by atoms with Crippen molar-refractivity contribution in [3.63, 3.8) is 0 Å². The molecule has 0 aromatic heterocycles. The van der Waals surface area contributed by atoms with Crippen LogP contribution in [0.5, 0.6) is 0 Å². The average Bonchev–Trinajstić information content (AvgIpc) is 2.28. The fourth-order valence-corrected chi connectivity index (χ4v) is 4.55. The standard InChI is InChI=1S/C10H23N3O4S2/c1-4-9-18(14,15)11-10-5-7-13(8-6-10)19(16,17)12(2)3/h10-11H,4-9H2,1-3H3. The van der Waals surface area contributed by atoms with Gasteiger partial charge in [0.1, 0.15) is 0 Å². The van der Waals surface area contributed by atoms with E-state index in [9.17, 15) is 16.8 Å². The SMILES string of the molecule is CCCS(=O)(=O)NC1CCN(S(=O)(=O)N(C)C)CC1. The van der Waals surface area contributed by atoms with Gasteiger partial charge in [-0.1, -0.05) is 6.92 Å². The van der Waals surface area contributed by atoms with Crippen LogP contribution in [0.25, 0.3) is 0 Å². The highest BCUT2D eigenvalue weighted by Gasteiger charge is 2.30. The highest BCUT2D eigenvalue weighted by atomic mass is 32.2.